The Labute approximate surface area is 185 Å². The summed E-state index contributed by atoms with van der Waals surface area (Å²) < 4.78 is 58.9. The molecule has 1 aromatic heterocycles. The molecule has 0 saturated carbocycles. The van der Waals surface area contributed by atoms with Crippen molar-refractivity contribution in [2.45, 2.75) is 12.2 Å². The van der Waals surface area contributed by atoms with Crippen molar-refractivity contribution >= 4 is 11.7 Å². The molecule has 2 N–H and O–H groups in total. The Morgan fingerprint density at radius 1 is 0.879 bits per heavy atom. The first-order valence-corrected chi connectivity index (χ1v) is 9.69. The van der Waals surface area contributed by atoms with Crippen molar-refractivity contribution in [2.75, 3.05) is 5.32 Å². The molecule has 0 aliphatic heterocycles. The van der Waals surface area contributed by atoms with Gasteiger partial charge < -0.3 is 15.1 Å². The fourth-order valence-electron chi connectivity index (χ4n) is 3.12. The molecule has 0 fully saturated rings. The average Bonchev–Trinajstić information content (AvgIpc) is 3.28. The number of benzene rings is 3. The summed E-state index contributed by atoms with van der Waals surface area (Å²) in [4.78, 5) is 12.6. The number of carbonyl (C=O) groups is 1. The van der Waals surface area contributed by atoms with Gasteiger partial charge in [0, 0.05) is 5.56 Å². The van der Waals surface area contributed by atoms with Gasteiger partial charge in [-0.05, 0) is 42.0 Å². The SMILES string of the molecule is O=C(Nc1ccccc1C(F)(F)F)N[C@H](c1ccc(F)cc1)c1nnc(-c2ccccc2)o1. The normalized spacial score (nSPS) is 12.2. The zero-order valence-corrected chi connectivity index (χ0v) is 16.8. The lowest BCUT2D eigenvalue weighted by molar-refractivity contribution is -0.136. The van der Waals surface area contributed by atoms with Crippen LogP contribution in [0.15, 0.2) is 83.3 Å². The van der Waals surface area contributed by atoms with Gasteiger partial charge in [-0.1, -0.05) is 42.5 Å². The van der Waals surface area contributed by atoms with Gasteiger partial charge in [0.25, 0.3) is 0 Å². The van der Waals surface area contributed by atoms with Crippen LogP contribution in [-0.4, -0.2) is 16.2 Å². The maximum absolute atomic E-state index is 13.4. The van der Waals surface area contributed by atoms with Gasteiger partial charge in [0.2, 0.25) is 11.8 Å². The smallest absolute Gasteiger partial charge is 0.418 e. The third-order valence-electron chi connectivity index (χ3n) is 4.67. The Morgan fingerprint density at radius 2 is 1.55 bits per heavy atom. The summed E-state index contributed by atoms with van der Waals surface area (Å²) in [6.07, 6.45) is -4.66. The van der Waals surface area contributed by atoms with Gasteiger partial charge in [-0.15, -0.1) is 10.2 Å². The maximum atomic E-state index is 13.4. The van der Waals surface area contributed by atoms with Crippen LogP contribution in [0.2, 0.25) is 0 Å². The van der Waals surface area contributed by atoms with Crippen molar-refractivity contribution in [3.63, 3.8) is 0 Å². The van der Waals surface area contributed by atoms with E-state index in [0.717, 1.165) is 12.1 Å². The number of amides is 2. The molecule has 6 nitrogen and oxygen atoms in total. The Bertz CT molecular complexity index is 1240. The van der Waals surface area contributed by atoms with E-state index < -0.39 is 35.3 Å². The highest BCUT2D eigenvalue weighted by molar-refractivity contribution is 5.90. The lowest BCUT2D eigenvalue weighted by Gasteiger charge is -2.18. The number of nitrogens with one attached hydrogen (secondary N) is 2. The molecule has 0 spiro atoms. The van der Waals surface area contributed by atoms with Crippen LogP contribution in [0.1, 0.15) is 23.1 Å². The molecular weight excluding hydrogens is 440 g/mol. The van der Waals surface area contributed by atoms with E-state index >= 15 is 0 Å². The molecule has 0 radical (unpaired) electrons. The summed E-state index contributed by atoms with van der Waals surface area (Å²) in [5, 5.41) is 12.7. The second-order valence-electron chi connectivity index (χ2n) is 6.94. The summed E-state index contributed by atoms with van der Waals surface area (Å²) in [7, 11) is 0. The van der Waals surface area contributed by atoms with E-state index in [-0.39, 0.29) is 11.8 Å². The van der Waals surface area contributed by atoms with Crippen molar-refractivity contribution in [3.8, 4) is 11.5 Å². The topological polar surface area (TPSA) is 80.0 Å². The lowest BCUT2D eigenvalue weighted by Crippen LogP contribution is -2.34. The predicted molar refractivity (Wildman–Crippen MR) is 112 cm³/mol. The number of para-hydroxylation sites is 1. The second-order valence-corrected chi connectivity index (χ2v) is 6.94. The number of aromatic nitrogens is 2. The van der Waals surface area contributed by atoms with Crippen molar-refractivity contribution in [1.29, 1.82) is 0 Å². The van der Waals surface area contributed by atoms with Gasteiger partial charge in [0.1, 0.15) is 11.9 Å². The maximum Gasteiger partial charge on any atom is 0.418 e. The number of hydrogen-bond donors (Lipinski definition) is 2. The first kappa shape index (κ1) is 22.0. The van der Waals surface area contributed by atoms with E-state index in [4.69, 9.17) is 4.42 Å². The molecule has 0 saturated heterocycles. The number of hydrogen-bond acceptors (Lipinski definition) is 4. The molecule has 4 aromatic rings. The standard InChI is InChI=1S/C23H16F4N4O2/c24-16-12-10-14(11-13-16)19(21-31-30-20(33-21)15-6-2-1-3-7-15)29-22(32)28-18-9-5-4-8-17(18)23(25,26)27/h1-13,19H,(H2,28,29,32)/t19-/m1/s1. The van der Waals surface area contributed by atoms with Crippen LogP contribution >= 0.6 is 0 Å². The number of rotatable bonds is 5. The minimum atomic E-state index is -4.66. The highest BCUT2D eigenvalue weighted by Crippen LogP contribution is 2.34. The van der Waals surface area contributed by atoms with Crippen LogP contribution in [0, 0.1) is 5.82 Å². The van der Waals surface area contributed by atoms with E-state index in [0.29, 0.717) is 11.1 Å². The predicted octanol–water partition coefficient (Wildman–Crippen LogP) is 5.81. The number of nitrogens with zero attached hydrogens (tertiary/aromatic N) is 2. The summed E-state index contributed by atoms with van der Waals surface area (Å²) in [6, 6.07) is 16.6. The number of alkyl halides is 3. The molecule has 168 valence electrons. The second kappa shape index (κ2) is 9.11. The van der Waals surface area contributed by atoms with E-state index in [1.807, 2.05) is 6.07 Å². The molecule has 0 bridgehead atoms. The summed E-state index contributed by atoms with van der Waals surface area (Å²) in [6.45, 7) is 0. The zero-order chi connectivity index (χ0) is 23.4. The highest BCUT2D eigenvalue weighted by Gasteiger charge is 2.34. The van der Waals surface area contributed by atoms with Crippen LogP contribution in [0.5, 0.6) is 0 Å². The van der Waals surface area contributed by atoms with Crippen molar-refractivity contribution < 1.29 is 26.8 Å². The van der Waals surface area contributed by atoms with Gasteiger partial charge in [-0.25, -0.2) is 9.18 Å². The Morgan fingerprint density at radius 3 is 2.24 bits per heavy atom. The number of anilines is 1. The van der Waals surface area contributed by atoms with Gasteiger partial charge >= 0.3 is 12.2 Å². The van der Waals surface area contributed by atoms with Crippen molar-refractivity contribution in [1.82, 2.24) is 15.5 Å². The third-order valence-corrected chi connectivity index (χ3v) is 4.67. The Hall–Kier alpha value is -4.21. The molecule has 0 aliphatic rings. The largest absolute Gasteiger partial charge is 0.418 e. The fourth-order valence-corrected chi connectivity index (χ4v) is 3.12. The number of carbonyl (C=O) groups excluding carboxylic acids is 1. The fraction of sp³-hybridized carbons (Fsp3) is 0.0870. The lowest BCUT2D eigenvalue weighted by atomic mass is 10.1. The highest BCUT2D eigenvalue weighted by atomic mass is 19.4. The third kappa shape index (κ3) is 5.17. The van der Waals surface area contributed by atoms with Gasteiger partial charge in [-0.2, -0.15) is 13.2 Å². The first-order valence-electron chi connectivity index (χ1n) is 9.69. The molecule has 1 heterocycles. The van der Waals surface area contributed by atoms with E-state index in [9.17, 15) is 22.4 Å². The summed E-state index contributed by atoms with van der Waals surface area (Å²) >= 11 is 0. The average molecular weight is 456 g/mol. The van der Waals surface area contributed by atoms with Gasteiger partial charge in [-0.3, -0.25) is 0 Å². The van der Waals surface area contributed by atoms with Crippen LogP contribution in [0.3, 0.4) is 0 Å². The molecule has 4 rings (SSSR count). The molecule has 33 heavy (non-hydrogen) atoms. The number of urea groups is 1. The molecule has 10 heteroatoms. The Kier molecular flexibility index (Phi) is 6.07. The van der Waals surface area contributed by atoms with Gasteiger partial charge in [0.15, 0.2) is 0 Å². The minimum absolute atomic E-state index is 0.0280. The van der Waals surface area contributed by atoms with E-state index in [1.54, 1.807) is 24.3 Å². The summed E-state index contributed by atoms with van der Waals surface area (Å²) in [5.74, 6) is -0.349. The molecular formula is C23H16F4N4O2. The summed E-state index contributed by atoms with van der Waals surface area (Å²) in [5.41, 5.74) is -0.393. The van der Waals surface area contributed by atoms with E-state index in [2.05, 4.69) is 20.8 Å². The van der Waals surface area contributed by atoms with Crippen molar-refractivity contribution in [2.24, 2.45) is 0 Å². The van der Waals surface area contributed by atoms with Crippen LogP contribution in [0.25, 0.3) is 11.5 Å². The van der Waals surface area contributed by atoms with Gasteiger partial charge in [0.05, 0.1) is 11.3 Å². The molecule has 3 aromatic carbocycles. The van der Waals surface area contributed by atoms with Crippen LogP contribution in [-0.2, 0) is 6.18 Å². The first-order chi connectivity index (χ1) is 15.8. The molecule has 0 unspecified atom stereocenters. The zero-order valence-electron chi connectivity index (χ0n) is 16.8. The quantitative estimate of drug-likeness (QED) is 0.372. The Balaban J connectivity index is 1.62. The van der Waals surface area contributed by atoms with Crippen LogP contribution < -0.4 is 10.6 Å². The molecule has 0 aliphatic carbocycles. The monoisotopic (exact) mass is 456 g/mol. The molecule has 2 amide bonds. The van der Waals surface area contributed by atoms with E-state index in [1.165, 1.54) is 36.4 Å². The number of halogens is 4. The minimum Gasteiger partial charge on any atom is -0.418 e. The molecule has 1 atom stereocenters. The van der Waals surface area contributed by atoms with Crippen molar-refractivity contribution in [3.05, 3.63) is 102 Å². The van der Waals surface area contributed by atoms with Crippen LogP contribution in [0.4, 0.5) is 28.0 Å².